The number of amides is 2. The van der Waals surface area contributed by atoms with Crippen LogP contribution in [0.15, 0.2) is 0 Å². The maximum atomic E-state index is 12.5. The molecule has 2 amide bonds. The van der Waals surface area contributed by atoms with E-state index in [9.17, 15) is 9.59 Å². The van der Waals surface area contributed by atoms with E-state index in [1.165, 1.54) is 25.7 Å². The number of piperazine rings is 1. The quantitative estimate of drug-likeness (QED) is 0.845. The van der Waals surface area contributed by atoms with Crippen LogP contribution in [0, 0.1) is 11.8 Å². The van der Waals surface area contributed by atoms with Gasteiger partial charge in [0.25, 0.3) is 0 Å². The Labute approximate surface area is 115 Å². The first-order chi connectivity index (χ1) is 8.99. The van der Waals surface area contributed by atoms with E-state index in [4.69, 9.17) is 0 Å². The molecular formula is C15H26N2O2. The van der Waals surface area contributed by atoms with Crippen molar-refractivity contribution < 1.29 is 9.59 Å². The first-order valence-corrected chi connectivity index (χ1v) is 7.59. The van der Waals surface area contributed by atoms with Crippen molar-refractivity contribution in [2.24, 2.45) is 11.8 Å². The summed E-state index contributed by atoms with van der Waals surface area (Å²) in [5, 5.41) is 2.84. The predicted octanol–water partition coefficient (Wildman–Crippen LogP) is 1.94. The standard InChI is InChI=1S/C15H26N2O2/c1-10(2)8-13-15(19)17(9-14(18)16-13)11(3)12-6-4-5-7-12/h10-13H,4-9H2,1-3H3,(H,16,18). The highest BCUT2D eigenvalue weighted by Gasteiger charge is 2.38. The molecule has 1 N–H and O–H groups in total. The predicted molar refractivity (Wildman–Crippen MR) is 74.5 cm³/mol. The number of hydrogen-bond acceptors (Lipinski definition) is 2. The summed E-state index contributed by atoms with van der Waals surface area (Å²) >= 11 is 0. The molecule has 0 spiro atoms. The fourth-order valence-corrected chi connectivity index (χ4v) is 3.40. The molecule has 1 heterocycles. The molecule has 1 aliphatic carbocycles. The average Bonchev–Trinajstić information content (AvgIpc) is 2.85. The fourth-order valence-electron chi connectivity index (χ4n) is 3.40. The highest BCUT2D eigenvalue weighted by atomic mass is 16.2. The average molecular weight is 266 g/mol. The summed E-state index contributed by atoms with van der Waals surface area (Å²) in [4.78, 5) is 26.2. The van der Waals surface area contributed by atoms with Crippen molar-refractivity contribution in [2.75, 3.05) is 6.54 Å². The summed E-state index contributed by atoms with van der Waals surface area (Å²) in [6.07, 6.45) is 5.65. The third-order valence-electron chi connectivity index (χ3n) is 4.51. The number of rotatable bonds is 4. The van der Waals surface area contributed by atoms with Crippen LogP contribution in [0.5, 0.6) is 0 Å². The van der Waals surface area contributed by atoms with Gasteiger partial charge in [-0.15, -0.1) is 0 Å². The van der Waals surface area contributed by atoms with Crippen molar-refractivity contribution in [2.45, 2.75) is 65.0 Å². The zero-order chi connectivity index (χ0) is 14.0. The zero-order valence-corrected chi connectivity index (χ0v) is 12.3. The number of carbonyl (C=O) groups excluding carboxylic acids is 2. The van der Waals surface area contributed by atoms with E-state index in [-0.39, 0.29) is 30.4 Å². The molecular weight excluding hydrogens is 240 g/mol. The Morgan fingerprint density at radius 3 is 2.42 bits per heavy atom. The Bertz CT molecular complexity index is 348. The second-order valence-corrected chi connectivity index (χ2v) is 6.50. The SMILES string of the molecule is CC(C)CC1NC(=O)CN(C(C)C2CCCC2)C1=O. The van der Waals surface area contributed by atoms with Crippen LogP contribution in [-0.4, -0.2) is 35.3 Å². The molecule has 4 nitrogen and oxygen atoms in total. The van der Waals surface area contributed by atoms with Crippen molar-refractivity contribution in [3.8, 4) is 0 Å². The van der Waals surface area contributed by atoms with Gasteiger partial charge in [0.2, 0.25) is 11.8 Å². The van der Waals surface area contributed by atoms with Crippen LogP contribution in [0.3, 0.4) is 0 Å². The summed E-state index contributed by atoms with van der Waals surface area (Å²) in [5.74, 6) is 1.10. The Kier molecular flexibility index (Phi) is 4.48. The van der Waals surface area contributed by atoms with Crippen LogP contribution in [0.25, 0.3) is 0 Å². The van der Waals surface area contributed by atoms with Gasteiger partial charge in [-0.2, -0.15) is 0 Å². The van der Waals surface area contributed by atoms with Gasteiger partial charge in [-0.1, -0.05) is 26.7 Å². The maximum Gasteiger partial charge on any atom is 0.245 e. The Balaban J connectivity index is 2.05. The highest BCUT2D eigenvalue weighted by molar-refractivity contribution is 5.95. The van der Waals surface area contributed by atoms with E-state index >= 15 is 0 Å². The van der Waals surface area contributed by atoms with Crippen LogP contribution in [-0.2, 0) is 9.59 Å². The molecule has 2 fully saturated rings. The summed E-state index contributed by atoms with van der Waals surface area (Å²) < 4.78 is 0. The summed E-state index contributed by atoms with van der Waals surface area (Å²) in [6, 6.07) is -0.110. The van der Waals surface area contributed by atoms with Gasteiger partial charge in [0.1, 0.15) is 6.04 Å². The number of carbonyl (C=O) groups is 2. The summed E-state index contributed by atoms with van der Waals surface area (Å²) in [7, 11) is 0. The lowest BCUT2D eigenvalue weighted by Crippen LogP contribution is -2.61. The minimum atomic E-state index is -0.315. The lowest BCUT2D eigenvalue weighted by Gasteiger charge is -2.39. The van der Waals surface area contributed by atoms with E-state index < -0.39 is 0 Å². The van der Waals surface area contributed by atoms with Crippen molar-refractivity contribution >= 4 is 11.8 Å². The van der Waals surface area contributed by atoms with Crippen molar-refractivity contribution in [1.29, 1.82) is 0 Å². The molecule has 19 heavy (non-hydrogen) atoms. The number of nitrogens with one attached hydrogen (secondary N) is 1. The van der Waals surface area contributed by atoms with Crippen molar-refractivity contribution in [1.82, 2.24) is 10.2 Å². The smallest absolute Gasteiger partial charge is 0.245 e. The number of hydrogen-bond donors (Lipinski definition) is 1. The molecule has 0 aromatic carbocycles. The molecule has 2 atom stereocenters. The molecule has 4 heteroatoms. The Morgan fingerprint density at radius 2 is 1.84 bits per heavy atom. The first kappa shape index (κ1) is 14.4. The van der Waals surface area contributed by atoms with Gasteiger partial charge in [0, 0.05) is 6.04 Å². The van der Waals surface area contributed by atoms with Crippen molar-refractivity contribution in [3.05, 3.63) is 0 Å². The third-order valence-corrected chi connectivity index (χ3v) is 4.51. The van der Waals surface area contributed by atoms with Gasteiger partial charge in [-0.3, -0.25) is 9.59 Å². The molecule has 0 bridgehead atoms. The monoisotopic (exact) mass is 266 g/mol. The second-order valence-electron chi connectivity index (χ2n) is 6.50. The summed E-state index contributed by atoms with van der Waals surface area (Å²) in [6.45, 7) is 6.52. The summed E-state index contributed by atoms with van der Waals surface area (Å²) in [5.41, 5.74) is 0. The van der Waals surface area contributed by atoms with E-state index in [2.05, 4.69) is 26.1 Å². The topological polar surface area (TPSA) is 49.4 Å². The minimum Gasteiger partial charge on any atom is -0.343 e. The van der Waals surface area contributed by atoms with E-state index in [1.807, 2.05) is 4.90 Å². The van der Waals surface area contributed by atoms with Crippen LogP contribution in [0.1, 0.15) is 52.9 Å². The normalized spacial score (nSPS) is 26.9. The molecule has 0 aromatic rings. The maximum absolute atomic E-state index is 12.5. The molecule has 0 radical (unpaired) electrons. The lowest BCUT2D eigenvalue weighted by atomic mass is 9.94. The zero-order valence-electron chi connectivity index (χ0n) is 12.3. The molecule has 2 rings (SSSR count). The molecule has 108 valence electrons. The number of nitrogens with zero attached hydrogens (tertiary/aromatic N) is 1. The van der Waals surface area contributed by atoms with Gasteiger partial charge < -0.3 is 10.2 Å². The lowest BCUT2D eigenvalue weighted by molar-refractivity contribution is -0.147. The highest BCUT2D eigenvalue weighted by Crippen LogP contribution is 2.31. The fraction of sp³-hybridized carbons (Fsp3) is 0.867. The molecule has 1 saturated heterocycles. The van der Waals surface area contributed by atoms with Crippen LogP contribution >= 0.6 is 0 Å². The molecule has 1 aliphatic heterocycles. The van der Waals surface area contributed by atoms with E-state index in [0.29, 0.717) is 11.8 Å². The van der Waals surface area contributed by atoms with Crippen LogP contribution < -0.4 is 5.32 Å². The molecule has 2 aliphatic rings. The Hall–Kier alpha value is -1.06. The van der Waals surface area contributed by atoms with Gasteiger partial charge in [-0.25, -0.2) is 0 Å². The van der Waals surface area contributed by atoms with E-state index in [0.717, 1.165) is 6.42 Å². The first-order valence-electron chi connectivity index (χ1n) is 7.59. The van der Waals surface area contributed by atoms with Gasteiger partial charge in [-0.05, 0) is 38.0 Å². The Morgan fingerprint density at radius 1 is 1.21 bits per heavy atom. The molecule has 0 aromatic heterocycles. The van der Waals surface area contributed by atoms with Crippen LogP contribution in [0.2, 0.25) is 0 Å². The largest absolute Gasteiger partial charge is 0.343 e. The van der Waals surface area contributed by atoms with Gasteiger partial charge in [0.15, 0.2) is 0 Å². The van der Waals surface area contributed by atoms with Gasteiger partial charge in [0.05, 0.1) is 6.54 Å². The van der Waals surface area contributed by atoms with Crippen molar-refractivity contribution in [3.63, 3.8) is 0 Å². The van der Waals surface area contributed by atoms with Gasteiger partial charge >= 0.3 is 0 Å². The molecule has 1 saturated carbocycles. The van der Waals surface area contributed by atoms with Crippen LogP contribution in [0.4, 0.5) is 0 Å². The second kappa shape index (κ2) is 5.93. The molecule has 2 unspecified atom stereocenters. The third kappa shape index (κ3) is 3.28. The minimum absolute atomic E-state index is 0.00454. The van der Waals surface area contributed by atoms with E-state index in [1.54, 1.807) is 0 Å².